The fraction of sp³-hybridized carbons (Fsp3) is 0.429. The average molecular weight is 293 g/mol. The van der Waals surface area contributed by atoms with Crippen LogP contribution in [-0.4, -0.2) is 16.7 Å². The van der Waals surface area contributed by atoms with Gasteiger partial charge in [-0.25, -0.2) is 4.39 Å². The van der Waals surface area contributed by atoms with Gasteiger partial charge in [0.2, 0.25) is 5.89 Å². The topological polar surface area (TPSA) is 51.0 Å². The molecule has 4 nitrogen and oxygen atoms in total. The summed E-state index contributed by atoms with van der Waals surface area (Å²) in [6, 6.07) is 6.69. The summed E-state index contributed by atoms with van der Waals surface area (Å²) in [4.78, 5) is 4.89. The molecule has 1 N–H and O–H groups in total. The Hall–Kier alpha value is -1.40. The molecule has 1 aliphatic carbocycles. The molecule has 20 heavy (non-hydrogen) atoms. The fourth-order valence-corrected chi connectivity index (χ4v) is 2.61. The van der Waals surface area contributed by atoms with E-state index in [1.54, 1.807) is 12.1 Å². The molecule has 0 bridgehead atoms. The number of rotatable bonds is 7. The first-order valence-electron chi connectivity index (χ1n) is 6.71. The van der Waals surface area contributed by atoms with Crippen molar-refractivity contribution in [3.05, 3.63) is 41.8 Å². The second kappa shape index (κ2) is 6.37. The van der Waals surface area contributed by atoms with Crippen molar-refractivity contribution in [1.82, 2.24) is 15.5 Å². The number of halogens is 1. The van der Waals surface area contributed by atoms with Gasteiger partial charge >= 0.3 is 0 Å². The first-order chi connectivity index (χ1) is 9.81. The highest BCUT2D eigenvalue weighted by atomic mass is 32.2. The van der Waals surface area contributed by atoms with E-state index in [4.69, 9.17) is 4.52 Å². The molecule has 0 unspecified atom stereocenters. The zero-order chi connectivity index (χ0) is 13.8. The molecule has 0 amide bonds. The Morgan fingerprint density at radius 3 is 3.00 bits per heavy atom. The third-order valence-corrected chi connectivity index (χ3v) is 4.15. The molecule has 0 aliphatic heterocycles. The highest BCUT2D eigenvalue weighted by Gasteiger charge is 2.20. The molecule has 1 fully saturated rings. The summed E-state index contributed by atoms with van der Waals surface area (Å²) < 4.78 is 18.6. The maximum absolute atomic E-state index is 13.5. The van der Waals surface area contributed by atoms with E-state index in [-0.39, 0.29) is 5.82 Å². The lowest BCUT2D eigenvalue weighted by Crippen LogP contribution is -2.16. The summed E-state index contributed by atoms with van der Waals surface area (Å²) in [6.07, 6.45) is 2.64. The van der Waals surface area contributed by atoms with Gasteiger partial charge in [0.15, 0.2) is 5.82 Å². The van der Waals surface area contributed by atoms with Crippen LogP contribution in [0.15, 0.2) is 33.7 Å². The Labute approximate surface area is 121 Å². The molecule has 0 radical (unpaired) electrons. The molecular weight excluding hydrogens is 277 g/mol. The van der Waals surface area contributed by atoms with E-state index < -0.39 is 0 Å². The van der Waals surface area contributed by atoms with E-state index in [2.05, 4.69) is 15.5 Å². The van der Waals surface area contributed by atoms with Crippen LogP contribution in [-0.2, 0) is 12.3 Å². The first kappa shape index (κ1) is 13.6. The Balaban J connectivity index is 1.48. The van der Waals surface area contributed by atoms with Crippen molar-refractivity contribution in [2.24, 2.45) is 5.92 Å². The van der Waals surface area contributed by atoms with Crippen LogP contribution >= 0.6 is 11.8 Å². The molecule has 1 saturated carbocycles. The molecule has 0 spiro atoms. The van der Waals surface area contributed by atoms with Crippen molar-refractivity contribution in [2.75, 3.05) is 6.54 Å². The normalized spacial score (nSPS) is 14.7. The molecule has 0 saturated heterocycles. The lowest BCUT2D eigenvalue weighted by molar-refractivity contribution is 0.363. The molecule has 1 aliphatic rings. The predicted molar refractivity (Wildman–Crippen MR) is 74.7 cm³/mol. The quantitative estimate of drug-likeness (QED) is 0.795. The third-order valence-electron chi connectivity index (χ3n) is 3.11. The summed E-state index contributed by atoms with van der Waals surface area (Å²) in [5.41, 5.74) is 0. The second-order valence-electron chi connectivity index (χ2n) is 4.90. The SMILES string of the molecule is Fc1ccccc1SCc1noc(CNCC2CC2)n1. The van der Waals surface area contributed by atoms with Gasteiger partial charge in [0.1, 0.15) is 5.82 Å². The minimum atomic E-state index is -0.215. The smallest absolute Gasteiger partial charge is 0.240 e. The van der Waals surface area contributed by atoms with Crippen LogP contribution in [0.2, 0.25) is 0 Å². The van der Waals surface area contributed by atoms with Crippen molar-refractivity contribution in [2.45, 2.75) is 30.0 Å². The van der Waals surface area contributed by atoms with E-state index in [9.17, 15) is 4.39 Å². The number of nitrogens with one attached hydrogen (secondary N) is 1. The Kier molecular flexibility index (Phi) is 4.32. The molecular formula is C14H16FN3OS. The van der Waals surface area contributed by atoms with Gasteiger partial charge in [-0.05, 0) is 37.4 Å². The number of benzene rings is 1. The van der Waals surface area contributed by atoms with E-state index >= 15 is 0 Å². The van der Waals surface area contributed by atoms with Crippen LogP contribution in [0.1, 0.15) is 24.6 Å². The summed E-state index contributed by atoms with van der Waals surface area (Å²) in [6.45, 7) is 1.62. The number of hydrogen-bond acceptors (Lipinski definition) is 5. The summed E-state index contributed by atoms with van der Waals surface area (Å²) >= 11 is 1.37. The van der Waals surface area contributed by atoms with Gasteiger partial charge in [-0.1, -0.05) is 17.3 Å². The van der Waals surface area contributed by atoms with Crippen LogP contribution in [0, 0.1) is 11.7 Å². The maximum atomic E-state index is 13.5. The standard InChI is InChI=1S/C14H16FN3OS/c15-11-3-1-2-4-12(11)20-9-13-17-14(19-18-13)8-16-7-10-5-6-10/h1-4,10,16H,5-9H2. The fourth-order valence-electron chi connectivity index (χ4n) is 1.83. The van der Waals surface area contributed by atoms with E-state index in [1.807, 2.05) is 6.07 Å². The van der Waals surface area contributed by atoms with Crippen molar-refractivity contribution >= 4 is 11.8 Å². The number of hydrogen-bond donors (Lipinski definition) is 1. The molecule has 0 atom stereocenters. The van der Waals surface area contributed by atoms with Crippen molar-refractivity contribution in [1.29, 1.82) is 0 Å². The predicted octanol–water partition coefficient (Wildman–Crippen LogP) is 3.00. The van der Waals surface area contributed by atoms with Crippen LogP contribution in [0.3, 0.4) is 0 Å². The first-order valence-corrected chi connectivity index (χ1v) is 7.69. The lowest BCUT2D eigenvalue weighted by Gasteiger charge is -1.99. The Morgan fingerprint density at radius 1 is 1.35 bits per heavy atom. The highest BCUT2D eigenvalue weighted by molar-refractivity contribution is 7.98. The van der Waals surface area contributed by atoms with Gasteiger partial charge in [-0.15, -0.1) is 11.8 Å². The van der Waals surface area contributed by atoms with Gasteiger partial charge in [0.25, 0.3) is 0 Å². The van der Waals surface area contributed by atoms with Crippen molar-refractivity contribution in [3.63, 3.8) is 0 Å². The lowest BCUT2D eigenvalue weighted by atomic mass is 10.3. The summed E-state index contributed by atoms with van der Waals surface area (Å²) in [5.74, 6) is 2.31. The minimum absolute atomic E-state index is 0.215. The van der Waals surface area contributed by atoms with Gasteiger partial charge in [0, 0.05) is 4.90 Å². The minimum Gasteiger partial charge on any atom is -0.338 e. The zero-order valence-electron chi connectivity index (χ0n) is 11.0. The third kappa shape index (κ3) is 3.80. The van der Waals surface area contributed by atoms with Gasteiger partial charge in [0.05, 0.1) is 12.3 Å². The van der Waals surface area contributed by atoms with Gasteiger partial charge < -0.3 is 9.84 Å². The molecule has 1 aromatic heterocycles. The zero-order valence-corrected chi connectivity index (χ0v) is 11.8. The van der Waals surface area contributed by atoms with E-state index in [1.165, 1.54) is 30.7 Å². The molecule has 106 valence electrons. The summed E-state index contributed by atoms with van der Waals surface area (Å²) in [7, 11) is 0. The van der Waals surface area contributed by atoms with Crippen LogP contribution < -0.4 is 5.32 Å². The Morgan fingerprint density at radius 2 is 2.20 bits per heavy atom. The van der Waals surface area contributed by atoms with Crippen LogP contribution in [0.5, 0.6) is 0 Å². The molecule has 1 heterocycles. The molecule has 3 rings (SSSR count). The van der Waals surface area contributed by atoms with Crippen molar-refractivity contribution < 1.29 is 8.91 Å². The maximum Gasteiger partial charge on any atom is 0.240 e. The van der Waals surface area contributed by atoms with E-state index in [0.29, 0.717) is 28.9 Å². The number of nitrogens with zero attached hydrogens (tertiary/aromatic N) is 2. The van der Waals surface area contributed by atoms with Crippen LogP contribution in [0.4, 0.5) is 4.39 Å². The van der Waals surface area contributed by atoms with E-state index in [0.717, 1.165) is 12.5 Å². The number of aromatic nitrogens is 2. The van der Waals surface area contributed by atoms with Gasteiger partial charge in [-0.2, -0.15) is 4.98 Å². The van der Waals surface area contributed by atoms with Gasteiger partial charge in [-0.3, -0.25) is 0 Å². The second-order valence-corrected chi connectivity index (χ2v) is 5.91. The van der Waals surface area contributed by atoms with Crippen molar-refractivity contribution in [3.8, 4) is 0 Å². The largest absolute Gasteiger partial charge is 0.338 e. The molecule has 1 aromatic carbocycles. The Bertz CT molecular complexity index is 571. The average Bonchev–Trinajstić information content (AvgIpc) is 3.16. The summed E-state index contributed by atoms with van der Waals surface area (Å²) in [5, 5.41) is 7.20. The molecule has 2 aromatic rings. The number of thioether (sulfide) groups is 1. The monoisotopic (exact) mass is 293 g/mol. The molecule has 6 heteroatoms. The van der Waals surface area contributed by atoms with Crippen LogP contribution in [0.25, 0.3) is 0 Å². The highest BCUT2D eigenvalue weighted by Crippen LogP contribution is 2.27.